The molecule has 1 aliphatic heterocycles. The normalized spacial score (nSPS) is 24.1. The molecule has 1 saturated heterocycles. The first-order chi connectivity index (χ1) is 7.97. The van der Waals surface area contributed by atoms with Crippen molar-refractivity contribution in [3.05, 3.63) is 22.2 Å². The number of H-pyrrole nitrogens is 1. The van der Waals surface area contributed by atoms with Crippen LogP contribution in [0.4, 0.5) is 5.82 Å². The molecule has 2 rings (SSSR count). The lowest BCUT2D eigenvalue weighted by Gasteiger charge is -2.24. The number of anilines is 1. The monoisotopic (exact) mass is 240 g/mol. The fourth-order valence-corrected chi connectivity index (χ4v) is 1.39. The first kappa shape index (κ1) is 11.1. The highest BCUT2D eigenvalue weighted by Gasteiger charge is 2.39. The van der Waals surface area contributed by atoms with Crippen LogP contribution >= 0.6 is 0 Å². The van der Waals surface area contributed by atoms with Crippen molar-refractivity contribution in [1.29, 1.82) is 0 Å². The van der Waals surface area contributed by atoms with Crippen molar-refractivity contribution in [3.8, 4) is 0 Å². The summed E-state index contributed by atoms with van der Waals surface area (Å²) < 4.78 is 9.03. The van der Waals surface area contributed by atoms with Crippen LogP contribution < -0.4 is 17.2 Å². The molecule has 1 aromatic heterocycles. The Morgan fingerprint density at radius 3 is 2.35 bits per heavy atom. The minimum Gasteiger partial charge on any atom is -0.410 e. The Hall–Kier alpha value is -2.42. The minimum absolute atomic E-state index is 0.0515. The number of rotatable bonds is 1. The van der Waals surface area contributed by atoms with E-state index in [0.717, 1.165) is 0 Å². The molecule has 0 unspecified atom stereocenters. The van der Waals surface area contributed by atoms with Gasteiger partial charge in [0.15, 0.2) is 5.92 Å². The molecule has 1 fully saturated rings. The van der Waals surface area contributed by atoms with Crippen LogP contribution in [0.15, 0.2) is 10.9 Å². The number of carbonyl (C=O) groups excluding carboxylic acids is 2. The number of nitrogens with zero attached hydrogens (tertiary/aromatic N) is 1. The quantitative estimate of drug-likeness (QED) is 0.368. The Morgan fingerprint density at radius 2 is 1.82 bits per heavy atom. The van der Waals surface area contributed by atoms with E-state index in [1.54, 1.807) is 0 Å². The third-order valence-electron chi connectivity index (χ3n) is 2.03. The van der Waals surface area contributed by atoms with Crippen molar-refractivity contribution < 1.29 is 19.1 Å². The van der Waals surface area contributed by atoms with Gasteiger partial charge in [0.05, 0.1) is 0 Å². The summed E-state index contributed by atoms with van der Waals surface area (Å²) in [5.41, 5.74) is 9.61. The number of aromatic nitrogens is 2. The van der Waals surface area contributed by atoms with Gasteiger partial charge in [-0.25, -0.2) is 4.79 Å². The second-order valence-electron chi connectivity index (χ2n) is 3.24. The molecule has 17 heavy (non-hydrogen) atoms. The molecule has 0 amide bonds. The molecule has 0 radical (unpaired) electrons. The topological polar surface area (TPSA) is 150 Å². The van der Waals surface area contributed by atoms with E-state index < -0.39 is 30.0 Å². The summed E-state index contributed by atoms with van der Waals surface area (Å²) in [5, 5.41) is 0. The zero-order valence-corrected chi connectivity index (χ0v) is 8.38. The van der Waals surface area contributed by atoms with E-state index in [4.69, 9.17) is 11.5 Å². The number of carbonyl (C=O) groups is 2. The molecular weight excluding hydrogens is 232 g/mol. The summed E-state index contributed by atoms with van der Waals surface area (Å²) in [5.74, 6) is -3.38. The lowest BCUT2D eigenvalue weighted by atomic mass is 10.1. The van der Waals surface area contributed by atoms with Crippen molar-refractivity contribution in [3.63, 3.8) is 0 Å². The number of ether oxygens (including phenoxy) is 2. The Labute approximate surface area is 93.7 Å². The number of nitrogens with one attached hydrogen (secondary N) is 1. The van der Waals surface area contributed by atoms with Crippen LogP contribution in [0.1, 0.15) is 11.6 Å². The van der Waals surface area contributed by atoms with Crippen LogP contribution in [0.5, 0.6) is 0 Å². The minimum atomic E-state index is -1.43. The molecule has 5 N–H and O–H groups in total. The van der Waals surface area contributed by atoms with Crippen LogP contribution in [0.2, 0.25) is 0 Å². The Bertz CT molecular complexity index is 521. The van der Waals surface area contributed by atoms with Crippen molar-refractivity contribution in [1.82, 2.24) is 9.97 Å². The Balaban J connectivity index is 2.42. The Morgan fingerprint density at radius 1 is 1.24 bits per heavy atom. The summed E-state index contributed by atoms with van der Waals surface area (Å²) in [7, 11) is 0. The van der Waals surface area contributed by atoms with Gasteiger partial charge in [0.25, 0.3) is 0 Å². The van der Waals surface area contributed by atoms with E-state index in [1.807, 2.05) is 0 Å². The summed E-state index contributed by atoms with van der Waals surface area (Å²) >= 11 is 0. The van der Waals surface area contributed by atoms with E-state index in [-0.39, 0.29) is 11.5 Å². The van der Waals surface area contributed by atoms with Crippen LogP contribution in [-0.2, 0) is 19.1 Å². The van der Waals surface area contributed by atoms with Crippen molar-refractivity contribution in [2.75, 3.05) is 5.73 Å². The van der Waals surface area contributed by atoms with Crippen molar-refractivity contribution in [2.24, 2.45) is 5.73 Å². The SMILES string of the molecule is Nc1cc(C2C(=O)OC(N)OC2=O)[nH]c(=O)n1. The smallest absolute Gasteiger partial charge is 0.347 e. The maximum atomic E-state index is 11.5. The first-order valence-electron chi connectivity index (χ1n) is 4.50. The summed E-state index contributed by atoms with van der Waals surface area (Å²) in [6.45, 7) is 0. The third kappa shape index (κ3) is 2.08. The van der Waals surface area contributed by atoms with Crippen molar-refractivity contribution in [2.45, 2.75) is 12.3 Å². The molecule has 90 valence electrons. The van der Waals surface area contributed by atoms with E-state index in [9.17, 15) is 14.4 Å². The number of aromatic amines is 1. The van der Waals surface area contributed by atoms with Gasteiger partial charge >= 0.3 is 24.0 Å². The van der Waals surface area contributed by atoms with Crippen molar-refractivity contribution >= 4 is 17.8 Å². The van der Waals surface area contributed by atoms with E-state index in [1.165, 1.54) is 6.07 Å². The van der Waals surface area contributed by atoms with Gasteiger partial charge in [-0.3, -0.25) is 15.3 Å². The zero-order chi connectivity index (χ0) is 12.6. The zero-order valence-electron chi connectivity index (χ0n) is 8.38. The molecule has 1 aromatic rings. The van der Waals surface area contributed by atoms with Gasteiger partial charge in [0.2, 0.25) is 0 Å². The van der Waals surface area contributed by atoms with Crippen LogP contribution in [0, 0.1) is 0 Å². The summed E-state index contributed by atoms with van der Waals surface area (Å²) in [6.07, 6.45) is -1.43. The number of nitrogen functional groups attached to an aromatic ring is 1. The van der Waals surface area contributed by atoms with Gasteiger partial charge < -0.3 is 20.2 Å². The second kappa shape index (κ2) is 3.87. The third-order valence-corrected chi connectivity index (χ3v) is 2.03. The number of nitrogens with two attached hydrogens (primary N) is 2. The molecule has 0 aromatic carbocycles. The van der Waals surface area contributed by atoms with Gasteiger partial charge in [-0.05, 0) is 0 Å². The molecule has 9 heteroatoms. The van der Waals surface area contributed by atoms with E-state index in [2.05, 4.69) is 19.4 Å². The fourth-order valence-electron chi connectivity index (χ4n) is 1.39. The van der Waals surface area contributed by atoms with E-state index >= 15 is 0 Å². The predicted octanol–water partition coefficient (Wildman–Crippen LogP) is -2.22. The molecule has 0 aliphatic carbocycles. The molecule has 1 aliphatic rings. The van der Waals surface area contributed by atoms with Gasteiger partial charge in [0, 0.05) is 11.8 Å². The number of hydrogen-bond acceptors (Lipinski definition) is 8. The number of esters is 2. The molecule has 0 saturated carbocycles. The number of cyclic esters (lactones) is 2. The molecule has 2 heterocycles. The summed E-state index contributed by atoms with van der Waals surface area (Å²) in [6, 6.07) is 1.17. The molecular formula is C8H8N4O5. The lowest BCUT2D eigenvalue weighted by molar-refractivity contribution is -0.205. The van der Waals surface area contributed by atoms with Gasteiger partial charge in [-0.1, -0.05) is 0 Å². The average Bonchev–Trinajstić information content (AvgIpc) is 2.13. The van der Waals surface area contributed by atoms with Crippen LogP contribution in [0.3, 0.4) is 0 Å². The maximum absolute atomic E-state index is 11.5. The predicted molar refractivity (Wildman–Crippen MR) is 52.2 cm³/mol. The van der Waals surface area contributed by atoms with Gasteiger partial charge in [0.1, 0.15) is 5.82 Å². The van der Waals surface area contributed by atoms with Crippen LogP contribution in [-0.4, -0.2) is 28.3 Å². The van der Waals surface area contributed by atoms with Gasteiger partial charge in [-0.2, -0.15) is 4.98 Å². The maximum Gasteiger partial charge on any atom is 0.347 e. The molecule has 0 bridgehead atoms. The molecule has 0 spiro atoms. The number of hydrogen-bond donors (Lipinski definition) is 3. The fraction of sp³-hybridized carbons (Fsp3) is 0.250. The highest BCUT2D eigenvalue weighted by atomic mass is 16.7. The molecule has 9 nitrogen and oxygen atoms in total. The van der Waals surface area contributed by atoms with Gasteiger partial charge in [-0.15, -0.1) is 0 Å². The largest absolute Gasteiger partial charge is 0.410 e. The standard InChI is InChI=1S/C8H8N4O5/c9-3-1-2(11-8(15)12-3)4-5(13)16-7(10)17-6(4)14/h1,4,7H,10H2,(H3,9,11,12,15). The highest BCUT2D eigenvalue weighted by Crippen LogP contribution is 2.22. The first-order valence-corrected chi connectivity index (χ1v) is 4.50. The second-order valence-corrected chi connectivity index (χ2v) is 3.24. The van der Waals surface area contributed by atoms with Crippen LogP contribution in [0.25, 0.3) is 0 Å². The highest BCUT2D eigenvalue weighted by molar-refractivity contribution is 6.01. The lowest BCUT2D eigenvalue weighted by Crippen LogP contribution is -2.44. The summed E-state index contributed by atoms with van der Waals surface area (Å²) in [4.78, 5) is 39.5. The average molecular weight is 240 g/mol. The van der Waals surface area contributed by atoms with E-state index in [0.29, 0.717) is 0 Å². The Kier molecular flexibility index (Phi) is 2.52. The molecule has 0 atom stereocenters.